The lowest BCUT2D eigenvalue weighted by Crippen LogP contribution is -2.49. The van der Waals surface area contributed by atoms with Crippen LogP contribution in [0.25, 0.3) is 0 Å². The molecule has 0 radical (unpaired) electrons. The first-order chi connectivity index (χ1) is 11.2. The van der Waals surface area contributed by atoms with Crippen molar-refractivity contribution in [1.29, 1.82) is 0 Å². The predicted octanol–water partition coefficient (Wildman–Crippen LogP) is 1.50. The van der Waals surface area contributed by atoms with Gasteiger partial charge in [-0.3, -0.25) is 14.5 Å². The van der Waals surface area contributed by atoms with Crippen LogP contribution in [0.15, 0.2) is 12.1 Å². The lowest BCUT2D eigenvalue weighted by molar-refractivity contribution is -0.117. The Labute approximate surface area is 140 Å². The Morgan fingerprint density at radius 3 is 2.65 bits per heavy atom. The van der Waals surface area contributed by atoms with Crippen LogP contribution in [0, 0.1) is 5.92 Å². The van der Waals surface area contributed by atoms with Crippen LogP contribution >= 0.6 is 11.3 Å². The first-order valence-corrected chi connectivity index (χ1v) is 8.90. The zero-order valence-corrected chi connectivity index (χ0v) is 14.2. The van der Waals surface area contributed by atoms with Crippen molar-refractivity contribution in [2.75, 3.05) is 51.8 Å². The molecule has 7 heteroatoms. The number of piperazine rings is 1. The van der Waals surface area contributed by atoms with Gasteiger partial charge in [0.2, 0.25) is 5.91 Å². The van der Waals surface area contributed by atoms with E-state index in [1.165, 1.54) is 11.3 Å². The van der Waals surface area contributed by atoms with Crippen molar-refractivity contribution in [3.05, 3.63) is 17.0 Å². The Hall–Kier alpha value is -1.44. The SMILES string of the molecule is COCCN1CCN(C(=O)c2ccc(NC(=O)C3CC3)s2)CC1. The maximum absolute atomic E-state index is 12.5. The van der Waals surface area contributed by atoms with Gasteiger partial charge in [-0.25, -0.2) is 0 Å². The number of nitrogens with one attached hydrogen (secondary N) is 1. The van der Waals surface area contributed by atoms with Crippen LogP contribution in [0.1, 0.15) is 22.5 Å². The van der Waals surface area contributed by atoms with Gasteiger partial charge in [0.1, 0.15) is 0 Å². The van der Waals surface area contributed by atoms with E-state index >= 15 is 0 Å². The molecule has 3 rings (SSSR count). The molecule has 1 aliphatic carbocycles. The van der Waals surface area contributed by atoms with E-state index in [9.17, 15) is 9.59 Å². The number of hydrogen-bond donors (Lipinski definition) is 1. The second kappa shape index (κ2) is 7.42. The fraction of sp³-hybridized carbons (Fsp3) is 0.625. The second-order valence-corrected chi connectivity index (χ2v) is 7.14. The summed E-state index contributed by atoms with van der Waals surface area (Å²) >= 11 is 1.37. The van der Waals surface area contributed by atoms with Crippen molar-refractivity contribution in [2.24, 2.45) is 5.92 Å². The fourth-order valence-corrected chi connectivity index (χ4v) is 3.52. The summed E-state index contributed by atoms with van der Waals surface area (Å²) in [5, 5.41) is 3.67. The normalized spacial score (nSPS) is 18.9. The molecule has 1 aromatic heterocycles. The van der Waals surface area contributed by atoms with Gasteiger partial charge in [0, 0.05) is 45.8 Å². The van der Waals surface area contributed by atoms with Crippen LogP contribution in [0.5, 0.6) is 0 Å². The van der Waals surface area contributed by atoms with Gasteiger partial charge in [0.05, 0.1) is 16.5 Å². The van der Waals surface area contributed by atoms with E-state index in [1.807, 2.05) is 17.0 Å². The lowest BCUT2D eigenvalue weighted by atomic mass is 10.3. The number of carbonyl (C=O) groups is 2. The molecule has 0 aromatic carbocycles. The van der Waals surface area contributed by atoms with Gasteiger partial charge in [0.25, 0.3) is 5.91 Å². The van der Waals surface area contributed by atoms with Crippen molar-refractivity contribution in [2.45, 2.75) is 12.8 Å². The van der Waals surface area contributed by atoms with Crippen molar-refractivity contribution in [1.82, 2.24) is 9.80 Å². The molecule has 23 heavy (non-hydrogen) atoms. The highest BCUT2D eigenvalue weighted by Gasteiger charge is 2.30. The van der Waals surface area contributed by atoms with Gasteiger partial charge in [-0.05, 0) is 25.0 Å². The number of methoxy groups -OCH3 is 1. The molecule has 2 amide bonds. The van der Waals surface area contributed by atoms with Crippen LogP contribution in [-0.4, -0.2) is 68.1 Å². The minimum absolute atomic E-state index is 0.0633. The lowest BCUT2D eigenvalue weighted by Gasteiger charge is -2.34. The quantitative estimate of drug-likeness (QED) is 0.854. The van der Waals surface area contributed by atoms with Gasteiger partial charge in [-0.1, -0.05) is 0 Å². The first kappa shape index (κ1) is 16.4. The van der Waals surface area contributed by atoms with Crippen molar-refractivity contribution < 1.29 is 14.3 Å². The molecule has 2 heterocycles. The average Bonchev–Trinajstić information content (AvgIpc) is 3.33. The van der Waals surface area contributed by atoms with E-state index in [0.29, 0.717) is 4.88 Å². The van der Waals surface area contributed by atoms with Crippen LogP contribution in [0.3, 0.4) is 0 Å². The van der Waals surface area contributed by atoms with Gasteiger partial charge in [-0.15, -0.1) is 11.3 Å². The highest BCUT2D eigenvalue weighted by atomic mass is 32.1. The van der Waals surface area contributed by atoms with Gasteiger partial charge >= 0.3 is 0 Å². The van der Waals surface area contributed by atoms with E-state index in [0.717, 1.165) is 57.2 Å². The number of ether oxygens (including phenoxy) is 1. The Kier molecular flexibility index (Phi) is 5.30. The maximum atomic E-state index is 12.5. The summed E-state index contributed by atoms with van der Waals surface area (Å²) in [6, 6.07) is 3.64. The number of amides is 2. The molecule has 0 atom stereocenters. The van der Waals surface area contributed by atoms with Crippen LogP contribution in [0.2, 0.25) is 0 Å². The molecule has 0 spiro atoms. The zero-order chi connectivity index (χ0) is 16.2. The first-order valence-electron chi connectivity index (χ1n) is 8.08. The van der Waals surface area contributed by atoms with Crippen molar-refractivity contribution in [3.63, 3.8) is 0 Å². The van der Waals surface area contributed by atoms with Gasteiger partial charge in [-0.2, -0.15) is 0 Å². The van der Waals surface area contributed by atoms with Crippen LogP contribution < -0.4 is 5.32 Å². The minimum Gasteiger partial charge on any atom is -0.383 e. The monoisotopic (exact) mass is 337 g/mol. The molecule has 1 saturated heterocycles. The third-order valence-corrected chi connectivity index (χ3v) is 5.27. The molecular weight excluding hydrogens is 314 g/mol. The van der Waals surface area contributed by atoms with E-state index in [2.05, 4.69) is 10.2 Å². The average molecular weight is 337 g/mol. The van der Waals surface area contributed by atoms with Crippen molar-refractivity contribution in [3.8, 4) is 0 Å². The van der Waals surface area contributed by atoms with Crippen LogP contribution in [0.4, 0.5) is 5.00 Å². The standard InChI is InChI=1S/C16H23N3O3S/c1-22-11-10-18-6-8-19(9-7-18)16(21)13-4-5-14(23-13)17-15(20)12-2-3-12/h4-5,12H,2-3,6-11H2,1H3,(H,17,20). The summed E-state index contributed by atoms with van der Waals surface area (Å²) in [5.74, 6) is 0.322. The second-order valence-electron chi connectivity index (χ2n) is 6.05. The highest BCUT2D eigenvalue weighted by Crippen LogP contribution is 2.31. The van der Waals surface area contributed by atoms with E-state index in [1.54, 1.807) is 7.11 Å². The van der Waals surface area contributed by atoms with Gasteiger partial charge in [0.15, 0.2) is 0 Å². The van der Waals surface area contributed by atoms with Gasteiger partial charge < -0.3 is 15.0 Å². The fourth-order valence-electron chi connectivity index (χ4n) is 2.64. The zero-order valence-electron chi connectivity index (χ0n) is 13.4. The Balaban J connectivity index is 1.50. The Bertz CT molecular complexity index is 563. The molecule has 126 valence electrons. The largest absolute Gasteiger partial charge is 0.383 e. The number of carbonyl (C=O) groups excluding carboxylic acids is 2. The van der Waals surface area contributed by atoms with Crippen LogP contribution in [-0.2, 0) is 9.53 Å². The molecule has 2 aliphatic rings. The Morgan fingerprint density at radius 2 is 2.00 bits per heavy atom. The number of anilines is 1. The maximum Gasteiger partial charge on any atom is 0.264 e. The van der Waals surface area contributed by atoms with E-state index in [-0.39, 0.29) is 17.7 Å². The number of hydrogen-bond acceptors (Lipinski definition) is 5. The van der Waals surface area contributed by atoms with E-state index < -0.39 is 0 Å². The smallest absolute Gasteiger partial charge is 0.264 e. The molecule has 2 fully saturated rings. The topological polar surface area (TPSA) is 61.9 Å². The summed E-state index contributed by atoms with van der Waals surface area (Å²) in [7, 11) is 1.70. The molecular formula is C16H23N3O3S. The summed E-state index contributed by atoms with van der Waals surface area (Å²) in [6.07, 6.45) is 1.96. The minimum atomic E-state index is 0.0633. The molecule has 0 unspecified atom stereocenters. The molecule has 6 nitrogen and oxygen atoms in total. The summed E-state index contributed by atoms with van der Waals surface area (Å²) < 4.78 is 5.09. The molecule has 1 aromatic rings. The molecule has 1 aliphatic heterocycles. The highest BCUT2D eigenvalue weighted by molar-refractivity contribution is 7.18. The summed E-state index contributed by atoms with van der Waals surface area (Å²) in [5.41, 5.74) is 0. The molecule has 1 saturated carbocycles. The summed E-state index contributed by atoms with van der Waals surface area (Å²) in [6.45, 7) is 4.88. The Morgan fingerprint density at radius 1 is 1.26 bits per heavy atom. The predicted molar refractivity (Wildman–Crippen MR) is 89.9 cm³/mol. The molecule has 1 N–H and O–H groups in total. The third-order valence-electron chi connectivity index (χ3n) is 4.28. The summed E-state index contributed by atoms with van der Waals surface area (Å²) in [4.78, 5) is 29.2. The number of thiophene rings is 1. The van der Waals surface area contributed by atoms with Crippen molar-refractivity contribution >= 4 is 28.2 Å². The third kappa shape index (κ3) is 4.31. The van der Waals surface area contributed by atoms with E-state index in [4.69, 9.17) is 4.74 Å². The number of nitrogens with zero attached hydrogens (tertiary/aromatic N) is 2. The molecule has 0 bridgehead atoms. The number of rotatable bonds is 6.